The first kappa shape index (κ1) is 31.5. The molecule has 0 bridgehead atoms. The molecule has 1 heterocycles. The van der Waals surface area contributed by atoms with Crippen molar-refractivity contribution in [3.05, 3.63) is 59.7 Å². The van der Waals surface area contributed by atoms with Crippen molar-refractivity contribution in [2.24, 2.45) is 5.10 Å². The number of rotatable bonds is 10. The first-order chi connectivity index (χ1) is 19.9. The molecule has 0 saturated carbocycles. The molecule has 14 heteroatoms. The Morgan fingerprint density at radius 3 is 2.02 bits per heavy atom. The predicted octanol–water partition coefficient (Wildman–Crippen LogP) is 1.62. The Kier molecular flexibility index (Phi) is 11.0. The molecule has 5 atom stereocenters. The van der Waals surface area contributed by atoms with Crippen LogP contribution in [0.2, 0.25) is 0 Å². The van der Waals surface area contributed by atoms with Gasteiger partial charge >= 0.3 is 23.9 Å². The highest BCUT2D eigenvalue weighted by Gasteiger charge is 2.53. The number of hydrogen-bond donors (Lipinski definition) is 2. The molecule has 42 heavy (non-hydrogen) atoms. The number of amides is 1. The van der Waals surface area contributed by atoms with Crippen molar-refractivity contribution in [2.75, 3.05) is 6.61 Å². The lowest BCUT2D eigenvalue weighted by Gasteiger charge is -2.43. The number of hydrazone groups is 1. The van der Waals surface area contributed by atoms with Gasteiger partial charge in [-0.2, -0.15) is 5.10 Å². The zero-order valence-corrected chi connectivity index (χ0v) is 23.2. The fourth-order valence-corrected chi connectivity index (χ4v) is 3.94. The maximum absolute atomic E-state index is 12.2. The molecule has 224 valence electrons. The second kappa shape index (κ2) is 14.6. The minimum atomic E-state index is -1.39. The molecule has 2 N–H and O–H groups in total. The van der Waals surface area contributed by atoms with E-state index in [1.165, 1.54) is 37.4 Å². The zero-order chi connectivity index (χ0) is 30.8. The number of carbonyl (C=O) groups excluding carboxylic acids is 5. The van der Waals surface area contributed by atoms with Gasteiger partial charge in [0.2, 0.25) is 12.4 Å². The third kappa shape index (κ3) is 9.02. The van der Waals surface area contributed by atoms with Crippen molar-refractivity contribution in [1.82, 2.24) is 5.43 Å². The molecular weight excluding hydrogens is 556 g/mol. The van der Waals surface area contributed by atoms with Crippen LogP contribution in [0.4, 0.5) is 0 Å². The second-order valence-electron chi connectivity index (χ2n) is 8.97. The van der Waals surface area contributed by atoms with Crippen molar-refractivity contribution in [2.45, 2.75) is 58.4 Å². The molecule has 0 aliphatic carbocycles. The molecule has 1 amide bonds. The topological polar surface area (TPSA) is 185 Å². The van der Waals surface area contributed by atoms with Gasteiger partial charge in [-0.05, 0) is 42.0 Å². The average Bonchev–Trinajstić information content (AvgIpc) is 2.91. The van der Waals surface area contributed by atoms with E-state index in [0.29, 0.717) is 5.56 Å². The molecule has 2 aromatic rings. The molecular formula is C28H30N2O12. The molecule has 1 aliphatic rings. The van der Waals surface area contributed by atoms with Crippen LogP contribution in [0.3, 0.4) is 0 Å². The van der Waals surface area contributed by atoms with E-state index in [0.717, 1.165) is 20.8 Å². The summed E-state index contributed by atoms with van der Waals surface area (Å²) in [5.41, 5.74) is 2.93. The molecule has 0 unspecified atom stereocenters. The Labute approximate surface area is 240 Å². The van der Waals surface area contributed by atoms with Gasteiger partial charge < -0.3 is 33.5 Å². The fraction of sp³-hybridized carbons (Fsp3) is 0.357. The Morgan fingerprint density at radius 1 is 0.833 bits per heavy atom. The molecule has 1 fully saturated rings. The molecule has 2 aromatic carbocycles. The van der Waals surface area contributed by atoms with Crippen molar-refractivity contribution >= 4 is 36.0 Å². The fourth-order valence-electron chi connectivity index (χ4n) is 3.94. The summed E-state index contributed by atoms with van der Waals surface area (Å²) in [5.74, 6) is -3.47. The number of esters is 4. The number of ether oxygens (including phenoxy) is 6. The van der Waals surface area contributed by atoms with Gasteiger partial charge in [-0.3, -0.25) is 24.0 Å². The summed E-state index contributed by atoms with van der Waals surface area (Å²) < 4.78 is 33.0. The van der Waals surface area contributed by atoms with Gasteiger partial charge in [0.1, 0.15) is 24.2 Å². The van der Waals surface area contributed by atoms with E-state index in [2.05, 4.69) is 10.5 Å². The lowest BCUT2D eigenvalue weighted by Crippen LogP contribution is -2.63. The predicted molar refractivity (Wildman–Crippen MR) is 142 cm³/mol. The highest BCUT2D eigenvalue weighted by molar-refractivity contribution is 5.97. The normalized spacial score (nSPS) is 21.6. The van der Waals surface area contributed by atoms with Crippen LogP contribution in [0.25, 0.3) is 0 Å². The lowest BCUT2D eigenvalue weighted by molar-refractivity contribution is -0.288. The molecule has 14 nitrogen and oxygen atoms in total. The Balaban J connectivity index is 1.80. The zero-order valence-electron chi connectivity index (χ0n) is 23.2. The number of benzene rings is 2. The van der Waals surface area contributed by atoms with E-state index in [4.69, 9.17) is 28.4 Å². The standard InChI is InChI=1S/C28H30N2O12/c1-15(31)37-14-23-24(38-16(2)32)25(39-17(3)33)26(40-18(4)34)28(42-23)41-20-11-9-19(10-12-20)13-29-30-27(36)21-7-5-6-8-22(21)35/h5-13,23-26,28,35H,14H2,1-4H3,(H,30,36)/b29-13+/t23-,24-,25+,26-,28-/m1/s1. The van der Waals surface area contributed by atoms with Crippen molar-refractivity contribution < 1.29 is 57.5 Å². The summed E-state index contributed by atoms with van der Waals surface area (Å²) >= 11 is 0. The number of carbonyl (C=O) groups is 5. The first-order valence-corrected chi connectivity index (χ1v) is 12.6. The summed E-state index contributed by atoms with van der Waals surface area (Å²) in [4.78, 5) is 59.4. The summed E-state index contributed by atoms with van der Waals surface area (Å²) in [6.07, 6.45) is -5.23. The van der Waals surface area contributed by atoms with E-state index in [1.807, 2.05) is 0 Å². The second-order valence-corrected chi connectivity index (χ2v) is 8.97. The number of aromatic hydroxyl groups is 1. The van der Waals surface area contributed by atoms with E-state index in [1.54, 1.807) is 24.3 Å². The summed E-state index contributed by atoms with van der Waals surface area (Å²) in [7, 11) is 0. The maximum Gasteiger partial charge on any atom is 0.303 e. The van der Waals surface area contributed by atoms with Crippen LogP contribution in [0.1, 0.15) is 43.6 Å². The third-order valence-corrected chi connectivity index (χ3v) is 5.61. The Bertz CT molecular complexity index is 1330. The van der Waals surface area contributed by atoms with Crippen molar-refractivity contribution in [3.63, 3.8) is 0 Å². The number of phenolic OH excluding ortho intramolecular Hbond substituents is 1. The monoisotopic (exact) mass is 586 g/mol. The van der Waals surface area contributed by atoms with Gasteiger partial charge in [0.25, 0.3) is 5.91 Å². The number of hydrogen-bond acceptors (Lipinski definition) is 13. The third-order valence-electron chi connectivity index (χ3n) is 5.61. The van der Waals surface area contributed by atoms with Gasteiger partial charge in [0, 0.05) is 27.7 Å². The van der Waals surface area contributed by atoms with Gasteiger partial charge in [0.15, 0.2) is 12.2 Å². The molecule has 1 aliphatic heterocycles. The summed E-state index contributed by atoms with van der Waals surface area (Å²) in [6, 6.07) is 12.2. The van der Waals surface area contributed by atoms with Crippen LogP contribution in [0, 0.1) is 0 Å². The van der Waals surface area contributed by atoms with Crippen LogP contribution in [-0.4, -0.2) is 78.4 Å². The van der Waals surface area contributed by atoms with E-state index < -0.39 is 60.5 Å². The molecule has 1 saturated heterocycles. The summed E-state index contributed by atoms with van der Waals surface area (Å²) in [5, 5.41) is 13.7. The smallest absolute Gasteiger partial charge is 0.303 e. The Hall–Kier alpha value is -4.98. The number of phenols is 1. The van der Waals surface area contributed by atoms with E-state index in [9.17, 15) is 29.1 Å². The first-order valence-electron chi connectivity index (χ1n) is 12.6. The highest BCUT2D eigenvalue weighted by atomic mass is 16.7. The minimum absolute atomic E-state index is 0.0585. The van der Waals surface area contributed by atoms with Crippen LogP contribution in [-0.2, 0) is 42.9 Å². The molecule has 0 spiro atoms. The van der Waals surface area contributed by atoms with Gasteiger partial charge in [-0.25, -0.2) is 5.43 Å². The molecule has 0 aromatic heterocycles. The van der Waals surface area contributed by atoms with Crippen molar-refractivity contribution in [1.29, 1.82) is 0 Å². The molecule has 0 radical (unpaired) electrons. The van der Waals surface area contributed by atoms with Gasteiger partial charge in [-0.15, -0.1) is 0 Å². The maximum atomic E-state index is 12.2. The Morgan fingerprint density at radius 2 is 1.43 bits per heavy atom. The highest BCUT2D eigenvalue weighted by Crippen LogP contribution is 2.31. The van der Waals surface area contributed by atoms with Crippen LogP contribution >= 0.6 is 0 Å². The van der Waals surface area contributed by atoms with Crippen molar-refractivity contribution in [3.8, 4) is 11.5 Å². The minimum Gasteiger partial charge on any atom is -0.507 e. The van der Waals surface area contributed by atoms with Gasteiger partial charge in [0.05, 0.1) is 11.8 Å². The van der Waals surface area contributed by atoms with Crippen LogP contribution in [0.15, 0.2) is 53.6 Å². The quantitative estimate of drug-likeness (QED) is 0.178. The van der Waals surface area contributed by atoms with E-state index >= 15 is 0 Å². The number of nitrogens with zero attached hydrogens (tertiary/aromatic N) is 1. The molecule has 3 rings (SSSR count). The van der Waals surface area contributed by atoms with Crippen LogP contribution in [0.5, 0.6) is 11.5 Å². The van der Waals surface area contributed by atoms with Crippen LogP contribution < -0.4 is 10.2 Å². The van der Waals surface area contributed by atoms with E-state index in [-0.39, 0.29) is 23.7 Å². The number of nitrogens with one attached hydrogen (secondary N) is 1. The summed E-state index contributed by atoms with van der Waals surface area (Å²) in [6.45, 7) is 4.15. The largest absolute Gasteiger partial charge is 0.507 e. The number of para-hydroxylation sites is 1. The van der Waals surface area contributed by atoms with Gasteiger partial charge in [-0.1, -0.05) is 12.1 Å². The lowest BCUT2D eigenvalue weighted by atomic mass is 9.98. The SMILES string of the molecule is CC(=O)OC[C@H]1O[C@@H](Oc2ccc(/C=N/NC(=O)c3ccccc3O)cc2)[C@H](OC(C)=O)[C@@H](OC(C)=O)[C@@H]1OC(C)=O. The average molecular weight is 587 g/mol.